The molecule has 0 radical (unpaired) electrons. The molecule has 1 aromatic carbocycles. The summed E-state index contributed by atoms with van der Waals surface area (Å²) in [6.07, 6.45) is 1.38. The number of nitrogens with zero attached hydrogens (tertiary/aromatic N) is 3. The van der Waals surface area contributed by atoms with E-state index in [4.69, 9.17) is 0 Å². The van der Waals surface area contributed by atoms with Gasteiger partial charge in [-0.25, -0.2) is 8.42 Å². The summed E-state index contributed by atoms with van der Waals surface area (Å²) in [7, 11) is -3.37. The Morgan fingerprint density at radius 1 is 1.00 bits per heavy atom. The van der Waals surface area contributed by atoms with Crippen LogP contribution >= 0.6 is 11.3 Å². The van der Waals surface area contributed by atoms with Crippen LogP contribution in [0.3, 0.4) is 0 Å². The number of sulfonamides is 1. The monoisotopic (exact) mass is 405 g/mol. The molecule has 1 saturated heterocycles. The summed E-state index contributed by atoms with van der Waals surface area (Å²) in [5.41, 5.74) is 2.27. The third-order valence-electron chi connectivity index (χ3n) is 5.25. The number of amides is 1. The van der Waals surface area contributed by atoms with E-state index in [1.54, 1.807) is 21.8 Å². The second kappa shape index (κ2) is 7.71. The van der Waals surface area contributed by atoms with Gasteiger partial charge in [-0.05, 0) is 29.5 Å². The van der Waals surface area contributed by atoms with E-state index in [1.807, 2.05) is 23.1 Å². The molecule has 27 heavy (non-hydrogen) atoms. The minimum absolute atomic E-state index is 0.147. The van der Waals surface area contributed by atoms with Crippen molar-refractivity contribution < 1.29 is 13.2 Å². The van der Waals surface area contributed by atoms with Crippen LogP contribution < -0.4 is 4.90 Å². The predicted octanol–water partition coefficient (Wildman–Crippen LogP) is 2.03. The highest BCUT2D eigenvalue weighted by Crippen LogP contribution is 2.28. The maximum absolute atomic E-state index is 12.6. The van der Waals surface area contributed by atoms with Crippen molar-refractivity contribution in [1.82, 2.24) is 9.21 Å². The second-order valence-corrected chi connectivity index (χ2v) is 9.96. The molecular formula is C19H23N3O3S2. The molecule has 6 nitrogen and oxygen atoms in total. The zero-order valence-corrected chi connectivity index (χ0v) is 16.7. The van der Waals surface area contributed by atoms with Gasteiger partial charge < -0.3 is 9.80 Å². The molecule has 8 heteroatoms. The van der Waals surface area contributed by atoms with Crippen molar-refractivity contribution in [3.05, 3.63) is 47.3 Å². The molecule has 1 aromatic heterocycles. The number of para-hydroxylation sites is 1. The molecule has 2 aliphatic rings. The molecule has 0 aliphatic carbocycles. The second-order valence-electron chi connectivity index (χ2n) is 6.85. The van der Waals surface area contributed by atoms with E-state index in [-0.39, 0.29) is 5.91 Å². The molecule has 0 spiro atoms. The number of rotatable bonds is 5. The Kier molecular flexibility index (Phi) is 5.32. The Morgan fingerprint density at radius 2 is 1.78 bits per heavy atom. The fourth-order valence-electron chi connectivity index (χ4n) is 3.72. The van der Waals surface area contributed by atoms with Gasteiger partial charge in [0.15, 0.2) is 0 Å². The first-order valence-corrected chi connectivity index (χ1v) is 11.5. The zero-order chi connectivity index (χ0) is 18.9. The van der Waals surface area contributed by atoms with E-state index >= 15 is 0 Å². The quantitative estimate of drug-likeness (QED) is 0.764. The molecule has 4 rings (SSSR count). The number of fused-ring (bicyclic) bond motifs is 1. The first-order valence-electron chi connectivity index (χ1n) is 9.20. The average molecular weight is 406 g/mol. The van der Waals surface area contributed by atoms with E-state index in [0.29, 0.717) is 43.4 Å². The topological polar surface area (TPSA) is 60.9 Å². The van der Waals surface area contributed by atoms with Gasteiger partial charge in [-0.15, -0.1) is 11.3 Å². The van der Waals surface area contributed by atoms with Crippen molar-refractivity contribution in [3.63, 3.8) is 0 Å². The van der Waals surface area contributed by atoms with Crippen LogP contribution in [0.25, 0.3) is 0 Å². The van der Waals surface area contributed by atoms with Crippen LogP contribution in [0.5, 0.6) is 0 Å². The predicted molar refractivity (Wildman–Crippen MR) is 107 cm³/mol. The van der Waals surface area contributed by atoms with Crippen LogP contribution in [0.4, 0.5) is 5.69 Å². The highest BCUT2D eigenvalue weighted by molar-refractivity contribution is 7.91. The smallest absolute Gasteiger partial charge is 0.252 e. The lowest BCUT2D eigenvalue weighted by Crippen LogP contribution is -2.49. The van der Waals surface area contributed by atoms with Crippen LogP contribution in [-0.4, -0.2) is 62.8 Å². The van der Waals surface area contributed by atoms with Gasteiger partial charge in [0.2, 0.25) is 5.91 Å². The summed E-state index contributed by atoms with van der Waals surface area (Å²) in [5, 5.41) is 1.78. The van der Waals surface area contributed by atoms with Crippen molar-refractivity contribution in [2.45, 2.75) is 17.1 Å². The van der Waals surface area contributed by atoms with E-state index in [0.717, 1.165) is 18.7 Å². The van der Waals surface area contributed by atoms with Gasteiger partial charge in [0.1, 0.15) is 4.21 Å². The van der Waals surface area contributed by atoms with Crippen LogP contribution in [0.2, 0.25) is 0 Å². The molecule has 2 aromatic rings. The Balaban J connectivity index is 1.28. The van der Waals surface area contributed by atoms with Gasteiger partial charge in [-0.1, -0.05) is 24.3 Å². The Labute approximate surface area is 164 Å². The molecule has 144 valence electrons. The molecule has 3 heterocycles. The van der Waals surface area contributed by atoms with Crippen molar-refractivity contribution in [1.29, 1.82) is 0 Å². The fourth-order valence-corrected chi connectivity index (χ4v) is 6.28. The number of carbonyl (C=O) groups is 1. The number of hydrogen-bond acceptors (Lipinski definition) is 5. The summed E-state index contributed by atoms with van der Waals surface area (Å²) in [6, 6.07) is 11.5. The SMILES string of the molecule is O=C(CCN1CCN(S(=O)(=O)c2cccs2)CC1)N1CCc2ccccc21. The average Bonchev–Trinajstić information content (AvgIpc) is 3.36. The summed E-state index contributed by atoms with van der Waals surface area (Å²) in [6.45, 7) is 3.69. The van der Waals surface area contributed by atoms with Crippen molar-refractivity contribution >= 4 is 33.0 Å². The fraction of sp³-hybridized carbons (Fsp3) is 0.421. The lowest BCUT2D eigenvalue weighted by molar-refractivity contribution is -0.118. The van der Waals surface area contributed by atoms with Gasteiger partial charge in [-0.3, -0.25) is 4.79 Å². The third kappa shape index (κ3) is 3.80. The maximum Gasteiger partial charge on any atom is 0.252 e. The minimum Gasteiger partial charge on any atom is -0.312 e. The van der Waals surface area contributed by atoms with E-state index in [1.165, 1.54) is 16.9 Å². The highest BCUT2D eigenvalue weighted by Gasteiger charge is 2.30. The first kappa shape index (κ1) is 18.6. The number of thiophene rings is 1. The van der Waals surface area contributed by atoms with Crippen LogP contribution in [-0.2, 0) is 21.2 Å². The van der Waals surface area contributed by atoms with Crippen LogP contribution in [0.1, 0.15) is 12.0 Å². The summed E-state index contributed by atoms with van der Waals surface area (Å²) in [5.74, 6) is 0.147. The van der Waals surface area contributed by atoms with Gasteiger partial charge in [-0.2, -0.15) is 4.31 Å². The van der Waals surface area contributed by atoms with Crippen molar-refractivity contribution in [2.75, 3.05) is 44.2 Å². The summed E-state index contributed by atoms with van der Waals surface area (Å²) in [4.78, 5) is 16.7. The maximum atomic E-state index is 12.6. The molecule has 0 saturated carbocycles. The Hall–Kier alpha value is -1.74. The van der Waals surface area contributed by atoms with Crippen LogP contribution in [0.15, 0.2) is 46.0 Å². The van der Waals surface area contributed by atoms with Gasteiger partial charge in [0.25, 0.3) is 10.0 Å². The molecule has 0 N–H and O–H groups in total. The van der Waals surface area contributed by atoms with E-state index in [9.17, 15) is 13.2 Å². The zero-order valence-electron chi connectivity index (χ0n) is 15.1. The molecule has 1 amide bonds. The normalized spacial score (nSPS) is 18.6. The molecule has 0 bridgehead atoms. The number of anilines is 1. The number of carbonyl (C=O) groups excluding carboxylic acids is 1. The Bertz CT molecular complexity index is 904. The highest BCUT2D eigenvalue weighted by atomic mass is 32.2. The summed E-state index contributed by atoms with van der Waals surface area (Å²) < 4.78 is 27.1. The van der Waals surface area contributed by atoms with Gasteiger partial charge in [0.05, 0.1) is 0 Å². The van der Waals surface area contributed by atoms with Crippen molar-refractivity contribution in [2.24, 2.45) is 0 Å². The minimum atomic E-state index is -3.37. The Morgan fingerprint density at radius 3 is 2.52 bits per heavy atom. The summed E-state index contributed by atoms with van der Waals surface area (Å²) >= 11 is 1.25. The lowest BCUT2D eigenvalue weighted by atomic mass is 10.2. The number of piperazine rings is 1. The number of benzene rings is 1. The van der Waals surface area contributed by atoms with Gasteiger partial charge in [0, 0.05) is 51.4 Å². The van der Waals surface area contributed by atoms with Gasteiger partial charge >= 0.3 is 0 Å². The van der Waals surface area contributed by atoms with E-state index < -0.39 is 10.0 Å². The molecule has 0 atom stereocenters. The molecule has 0 unspecified atom stereocenters. The first-order chi connectivity index (χ1) is 13.1. The van der Waals surface area contributed by atoms with E-state index in [2.05, 4.69) is 11.0 Å². The largest absolute Gasteiger partial charge is 0.312 e. The van der Waals surface area contributed by atoms with Crippen LogP contribution in [0, 0.1) is 0 Å². The lowest BCUT2D eigenvalue weighted by Gasteiger charge is -2.33. The molecular weight excluding hydrogens is 382 g/mol. The molecule has 1 fully saturated rings. The third-order valence-corrected chi connectivity index (χ3v) is 8.52. The van der Waals surface area contributed by atoms with Crippen molar-refractivity contribution in [3.8, 4) is 0 Å². The number of hydrogen-bond donors (Lipinski definition) is 0. The standard InChI is InChI=1S/C19H23N3O3S2/c23-18(22-10-7-16-4-1-2-5-17(16)22)8-9-20-11-13-21(14-12-20)27(24,25)19-6-3-15-26-19/h1-6,15H,7-14H2. The molecule has 2 aliphatic heterocycles.